The third kappa shape index (κ3) is 9.18. The van der Waals surface area contributed by atoms with E-state index in [2.05, 4.69) is 35.7 Å². The van der Waals surface area contributed by atoms with Crippen LogP contribution >= 0.6 is 0 Å². The molecule has 13 nitrogen and oxygen atoms in total. The summed E-state index contributed by atoms with van der Waals surface area (Å²) >= 11 is 0. The molecule has 4 aliphatic heterocycles. The van der Waals surface area contributed by atoms with E-state index < -0.39 is 18.0 Å². The molecule has 1 unspecified atom stereocenters. The van der Waals surface area contributed by atoms with Gasteiger partial charge in [-0.25, -0.2) is 23.5 Å². The highest BCUT2D eigenvalue weighted by atomic mass is 19.1. The van der Waals surface area contributed by atoms with Gasteiger partial charge in [-0.3, -0.25) is 24.6 Å². The van der Waals surface area contributed by atoms with Crippen molar-refractivity contribution in [1.29, 1.82) is 0 Å². The number of hydrogen-bond acceptors (Lipinski definition) is 10. The molecule has 0 spiro atoms. The molecule has 5 heterocycles. The fourth-order valence-corrected chi connectivity index (χ4v) is 9.33. The Hall–Kier alpha value is -5.34. The first kappa shape index (κ1) is 39.5. The zero-order chi connectivity index (χ0) is 40.2. The number of rotatable bonds is 10. The summed E-state index contributed by atoms with van der Waals surface area (Å²) in [5, 5.41) is 8.75. The first-order valence-electron chi connectivity index (χ1n) is 20.9. The molecule has 15 heteroatoms. The van der Waals surface area contributed by atoms with Gasteiger partial charge in [0.2, 0.25) is 23.7 Å². The average molecular weight is 799 g/mol. The van der Waals surface area contributed by atoms with Crippen LogP contribution in [0.25, 0.3) is 11.3 Å². The Kier molecular flexibility index (Phi) is 12.0. The summed E-state index contributed by atoms with van der Waals surface area (Å²) in [6.07, 6.45) is 10.4. The molecule has 58 heavy (non-hydrogen) atoms. The quantitative estimate of drug-likeness (QED) is 0.194. The number of aromatic nitrogens is 2. The van der Waals surface area contributed by atoms with E-state index in [0.29, 0.717) is 60.0 Å². The Labute approximate surface area is 337 Å². The van der Waals surface area contributed by atoms with E-state index >= 15 is 4.39 Å². The molecule has 1 aliphatic carbocycles. The first-order valence-corrected chi connectivity index (χ1v) is 20.9. The van der Waals surface area contributed by atoms with E-state index in [0.717, 1.165) is 90.4 Å². The Morgan fingerprint density at radius 1 is 0.845 bits per heavy atom. The number of amides is 4. The molecule has 5 aliphatic rings. The number of benzene rings is 2. The third-order valence-corrected chi connectivity index (χ3v) is 12.6. The number of nitrogens with zero attached hydrogens (tertiary/aromatic N) is 5. The minimum absolute atomic E-state index is 0.00415. The smallest absolute Gasteiger partial charge is 0.414 e. The van der Waals surface area contributed by atoms with Crippen LogP contribution in [0.4, 0.5) is 36.6 Å². The Bertz CT molecular complexity index is 1990. The van der Waals surface area contributed by atoms with Crippen molar-refractivity contribution in [3.63, 3.8) is 0 Å². The zero-order valence-corrected chi connectivity index (χ0v) is 32.8. The summed E-state index contributed by atoms with van der Waals surface area (Å²) in [5.74, 6) is 0.211. The van der Waals surface area contributed by atoms with Crippen LogP contribution in [0.1, 0.15) is 77.0 Å². The second kappa shape index (κ2) is 17.7. The summed E-state index contributed by atoms with van der Waals surface area (Å²) in [5.41, 5.74) is 2.42. The van der Waals surface area contributed by atoms with E-state index in [1.165, 1.54) is 12.3 Å². The fourth-order valence-electron chi connectivity index (χ4n) is 9.33. The molecule has 1 aromatic heterocycles. The zero-order valence-electron chi connectivity index (χ0n) is 32.8. The molecule has 1 saturated carbocycles. The van der Waals surface area contributed by atoms with Crippen LogP contribution in [0, 0.1) is 29.4 Å². The van der Waals surface area contributed by atoms with Crippen LogP contribution < -0.4 is 25.8 Å². The number of piperidine rings is 3. The number of ether oxygens (including phenoxy) is 1. The van der Waals surface area contributed by atoms with E-state index in [1.807, 2.05) is 0 Å². The molecule has 8 rings (SSSR count). The molecule has 5 fully saturated rings. The highest BCUT2D eigenvalue weighted by Crippen LogP contribution is 2.35. The van der Waals surface area contributed by atoms with Crippen molar-refractivity contribution in [2.75, 3.05) is 59.8 Å². The van der Waals surface area contributed by atoms with Gasteiger partial charge in [-0.15, -0.1) is 0 Å². The SMILES string of the molecule is O=C1CCC(Nc2ccc(N3CCC(CC4CCN(C(=O)[C@H]5CC[C@H](Nc6ncc(F)c(-c7cccc(N8CCCOC8=O)c7)n6)CC5)CC4)CC3)c(F)c2)C(=O)N1. The number of nitrogens with one attached hydrogen (secondary N) is 3. The van der Waals surface area contributed by atoms with Crippen LogP contribution in [-0.4, -0.2) is 90.1 Å². The van der Waals surface area contributed by atoms with E-state index in [4.69, 9.17) is 4.74 Å². The Morgan fingerprint density at radius 3 is 2.33 bits per heavy atom. The maximum Gasteiger partial charge on any atom is 0.414 e. The number of carbonyl (C=O) groups is 4. The maximum absolute atomic E-state index is 15.2. The van der Waals surface area contributed by atoms with E-state index in [9.17, 15) is 23.6 Å². The predicted octanol–water partition coefficient (Wildman–Crippen LogP) is 6.50. The van der Waals surface area contributed by atoms with Gasteiger partial charge in [-0.05, 0) is 113 Å². The molecule has 1 atom stereocenters. The van der Waals surface area contributed by atoms with Crippen molar-refractivity contribution in [2.24, 2.45) is 17.8 Å². The molecule has 3 N–H and O–H groups in total. The molecular formula is C43H52F2N8O5. The van der Waals surface area contributed by atoms with Crippen molar-refractivity contribution in [1.82, 2.24) is 20.2 Å². The van der Waals surface area contributed by atoms with Crippen LogP contribution in [0.2, 0.25) is 0 Å². The summed E-state index contributed by atoms with van der Waals surface area (Å²) in [7, 11) is 0. The lowest BCUT2D eigenvalue weighted by molar-refractivity contribution is -0.138. The van der Waals surface area contributed by atoms with Gasteiger partial charge in [0, 0.05) is 68.0 Å². The lowest BCUT2D eigenvalue weighted by Gasteiger charge is -2.39. The van der Waals surface area contributed by atoms with Crippen molar-refractivity contribution < 1.29 is 32.7 Å². The molecule has 0 bridgehead atoms. The minimum atomic E-state index is -0.554. The number of cyclic esters (lactones) is 1. The van der Waals surface area contributed by atoms with Crippen LogP contribution in [0.3, 0.4) is 0 Å². The normalized spacial score (nSPS) is 23.7. The van der Waals surface area contributed by atoms with Gasteiger partial charge in [0.15, 0.2) is 5.82 Å². The van der Waals surface area contributed by atoms with Crippen LogP contribution in [-0.2, 0) is 19.1 Å². The fraction of sp³-hybridized carbons (Fsp3) is 0.535. The Balaban J connectivity index is 0.755. The average Bonchev–Trinajstić information content (AvgIpc) is 3.23. The lowest BCUT2D eigenvalue weighted by atomic mass is 9.81. The van der Waals surface area contributed by atoms with Gasteiger partial charge in [-0.1, -0.05) is 12.1 Å². The monoisotopic (exact) mass is 798 g/mol. The van der Waals surface area contributed by atoms with Gasteiger partial charge >= 0.3 is 6.09 Å². The molecule has 4 saturated heterocycles. The second-order valence-electron chi connectivity index (χ2n) is 16.5. The molecule has 3 aromatic rings. The van der Waals surface area contributed by atoms with Gasteiger partial charge in [0.05, 0.1) is 18.5 Å². The van der Waals surface area contributed by atoms with Crippen molar-refractivity contribution in [3.8, 4) is 11.3 Å². The van der Waals surface area contributed by atoms with Crippen molar-refractivity contribution >= 4 is 46.8 Å². The molecule has 0 radical (unpaired) electrons. The lowest BCUT2D eigenvalue weighted by Crippen LogP contribution is -2.47. The van der Waals surface area contributed by atoms with E-state index in [-0.39, 0.29) is 47.6 Å². The second-order valence-corrected chi connectivity index (χ2v) is 16.5. The Morgan fingerprint density at radius 2 is 1.60 bits per heavy atom. The maximum atomic E-state index is 15.2. The number of imide groups is 1. The summed E-state index contributed by atoms with van der Waals surface area (Å²) in [6, 6.07) is 11.6. The standard InChI is InChI=1S/C43H52F2N8O5/c44-34-25-32(47-36-10-12-38(54)49-40(36)55)9-11-37(34)51-18-13-27(14-19-51)23-28-15-20-52(21-16-28)41(56)29-5-7-31(8-6-29)48-42-46-26-35(45)39(50-42)30-3-1-4-33(24-30)53-17-2-22-58-43(53)57/h1,3-4,9,11,24-29,31,36,47H,2,5-8,10,12-23H2,(H,46,48,50)(H,49,54,55)/t29-,31-,36?. The van der Waals surface area contributed by atoms with Crippen molar-refractivity contribution in [3.05, 3.63) is 60.3 Å². The first-order chi connectivity index (χ1) is 28.2. The summed E-state index contributed by atoms with van der Waals surface area (Å²) in [4.78, 5) is 63.8. The van der Waals surface area contributed by atoms with Crippen LogP contribution in [0.5, 0.6) is 0 Å². The number of carbonyl (C=O) groups excluding carboxylic acids is 4. The van der Waals surface area contributed by atoms with E-state index in [1.54, 1.807) is 41.3 Å². The molecule has 2 aromatic carbocycles. The number of hydrogen-bond donors (Lipinski definition) is 3. The minimum Gasteiger partial charge on any atom is -0.449 e. The molecule has 308 valence electrons. The third-order valence-electron chi connectivity index (χ3n) is 12.6. The number of likely N-dealkylation sites (tertiary alicyclic amines) is 1. The molecular weight excluding hydrogens is 747 g/mol. The van der Waals surface area contributed by atoms with Gasteiger partial charge < -0.3 is 25.2 Å². The van der Waals surface area contributed by atoms with Crippen molar-refractivity contribution in [2.45, 2.75) is 89.1 Å². The van der Waals surface area contributed by atoms with Gasteiger partial charge in [0.25, 0.3) is 0 Å². The predicted molar refractivity (Wildman–Crippen MR) is 215 cm³/mol. The number of anilines is 4. The largest absolute Gasteiger partial charge is 0.449 e. The highest BCUT2D eigenvalue weighted by Gasteiger charge is 2.34. The van der Waals surface area contributed by atoms with Gasteiger partial charge in [0.1, 0.15) is 17.6 Å². The highest BCUT2D eigenvalue weighted by molar-refractivity contribution is 6.01. The number of halogens is 2. The molecule has 4 amide bonds. The van der Waals surface area contributed by atoms with Gasteiger partial charge in [-0.2, -0.15) is 0 Å². The topological polar surface area (TPSA) is 149 Å². The van der Waals surface area contributed by atoms with Crippen LogP contribution in [0.15, 0.2) is 48.7 Å². The summed E-state index contributed by atoms with van der Waals surface area (Å²) in [6.45, 7) is 4.08. The summed E-state index contributed by atoms with van der Waals surface area (Å²) < 4.78 is 35.4.